The summed E-state index contributed by atoms with van der Waals surface area (Å²) in [6.45, 7) is 5.10. The van der Waals surface area contributed by atoms with Crippen LogP contribution in [-0.2, 0) is 17.8 Å². The fourth-order valence-corrected chi connectivity index (χ4v) is 2.58. The highest BCUT2D eigenvalue weighted by Crippen LogP contribution is 2.16. The molecule has 0 radical (unpaired) electrons. The Kier molecular flexibility index (Phi) is 6.55. The van der Waals surface area contributed by atoms with Crippen molar-refractivity contribution in [2.75, 3.05) is 13.6 Å². The number of thiazole rings is 1. The minimum absolute atomic E-state index is 0.0107. The van der Waals surface area contributed by atoms with Crippen LogP contribution < -0.4 is 15.4 Å². The molecule has 0 saturated heterocycles. The lowest BCUT2D eigenvalue weighted by atomic mass is 10.2. The zero-order chi connectivity index (χ0) is 16.7. The summed E-state index contributed by atoms with van der Waals surface area (Å²) in [6, 6.07) is 8.17. The molecular formula is C17H23N3O2S. The molecule has 0 spiro atoms. The molecule has 2 rings (SSSR count). The smallest absolute Gasteiger partial charge is 0.226 e. The number of hydrogen-bond donors (Lipinski definition) is 2. The molecule has 1 unspecified atom stereocenters. The van der Waals surface area contributed by atoms with E-state index in [2.05, 4.69) is 15.6 Å². The average molecular weight is 333 g/mol. The van der Waals surface area contributed by atoms with Crippen LogP contribution in [0.5, 0.6) is 5.75 Å². The summed E-state index contributed by atoms with van der Waals surface area (Å²) in [4.78, 5) is 16.3. The zero-order valence-corrected chi connectivity index (χ0v) is 14.6. The second-order valence-electron chi connectivity index (χ2n) is 5.50. The molecule has 6 heteroatoms. The van der Waals surface area contributed by atoms with E-state index in [1.165, 1.54) is 16.9 Å². The van der Waals surface area contributed by atoms with Crippen molar-refractivity contribution < 1.29 is 9.53 Å². The van der Waals surface area contributed by atoms with Crippen molar-refractivity contribution >= 4 is 17.2 Å². The van der Waals surface area contributed by atoms with Crippen molar-refractivity contribution in [3.05, 3.63) is 45.9 Å². The molecule has 1 aromatic heterocycles. The lowest BCUT2D eigenvalue weighted by molar-refractivity contribution is -0.120. The molecular weight excluding hydrogens is 310 g/mol. The first-order valence-electron chi connectivity index (χ1n) is 7.63. The van der Waals surface area contributed by atoms with Gasteiger partial charge in [-0.2, -0.15) is 0 Å². The van der Waals surface area contributed by atoms with Crippen LogP contribution in [0, 0.1) is 6.92 Å². The van der Waals surface area contributed by atoms with E-state index >= 15 is 0 Å². The van der Waals surface area contributed by atoms with Gasteiger partial charge in [-0.1, -0.05) is 17.7 Å². The van der Waals surface area contributed by atoms with Gasteiger partial charge in [0.25, 0.3) is 0 Å². The molecule has 1 heterocycles. The maximum Gasteiger partial charge on any atom is 0.226 e. The Balaban J connectivity index is 1.78. The van der Waals surface area contributed by atoms with Gasteiger partial charge in [0.1, 0.15) is 17.4 Å². The molecule has 23 heavy (non-hydrogen) atoms. The van der Waals surface area contributed by atoms with Crippen LogP contribution in [0.15, 0.2) is 29.6 Å². The van der Waals surface area contributed by atoms with Crippen LogP contribution in [0.4, 0.5) is 0 Å². The molecule has 0 aliphatic heterocycles. The largest absolute Gasteiger partial charge is 0.486 e. The van der Waals surface area contributed by atoms with Crippen LogP contribution >= 0.6 is 11.3 Å². The Morgan fingerprint density at radius 1 is 1.35 bits per heavy atom. The lowest BCUT2D eigenvalue weighted by Crippen LogP contribution is -2.37. The highest BCUT2D eigenvalue weighted by Gasteiger charge is 2.09. The van der Waals surface area contributed by atoms with Crippen LogP contribution in [0.1, 0.15) is 23.2 Å². The summed E-state index contributed by atoms with van der Waals surface area (Å²) in [5.74, 6) is 0.814. The number of benzene rings is 1. The summed E-state index contributed by atoms with van der Waals surface area (Å²) < 4.78 is 5.70. The highest BCUT2D eigenvalue weighted by molar-refractivity contribution is 7.09. The number of ether oxygens (including phenoxy) is 1. The number of carbonyl (C=O) groups excluding carboxylic acids is 1. The van der Waals surface area contributed by atoms with Crippen LogP contribution in [0.25, 0.3) is 0 Å². The molecule has 2 N–H and O–H groups in total. The fraction of sp³-hybridized carbons (Fsp3) is 0.412. The number of likely N-dealkylation sites (N-methyl/N-ethyl adjacent to an activating group) is 1. The van der Waals surface area contributed by atoms with Gasteiger partial charge in [0.2, 0.25) is 5.91 Å². The standard InChI is InChI=1S/C17H23N3O2S/c1-12-4-6-15(7-5-12)22-10-17-20-14(11-23-17)8-16(21)19-9-13(2)18-3/h4-7,11,13,18H,8-10H2,1-3H3,(H,19,21). The monoisotopic (exact) mass is 333 g/mol. The van der Waals surface area contributed by atoms with Gasteiger partial charge < -0.3 is 15.4 Å². The minimum Gasteiger partial charge on any atom is -0.486 e. The topological polar surface area (TPSA) is 63.2 Å². The molecule has 2 aromatic rings. The molecule has 0 fully saturated rings. The van der Waals surface area contributed by atoms with E-state index in [0.29, 0.717) is 19.6 Å². The van der Waals surface area contributed by atoms with Crippen LogP contribution in [0.2, 0.25) is 0 Å². The van der Waals surface area contributed by atoms with Crippen LogP contribution in [0.3, 0.4) is 0 Å². The Labute approximate surface area is 141 Å². The van der Waals surface area contributed by atoms with Crippen molar-refractivity contribution in [3.63, 3.8) is 0 Å². The first-order chi connectivity index (χ1) is 11.1. The Morgan fingerprint density at radius 3 is 2.78 bits per heavy atom. The predicted molar refractivity (Wildman–Crippen MR) is 92.9 cm³/mol. The van der Waals surface area contributed by atoms with E-state index in [4.69, 9.17) is 4.74 Å². The second-order valence-corrected chi connectivity index (χ2v) is 6.45. The van der Waals surface area contributed by atoms with E-state index < -0.39 is 0 Å². The summed E-state index contributed by atoms with van der Waals surface area (Å²) >= 11 is 1.51. The van der Waals surface area contributed by atoms with Crippen molar-refractivity contribution in [2.24, 2.45) is 0 Å². The van der Waals surface area contributed by atoms with E-state index in [0.717, 1.165) is 16.5 Å². The molecule has 1 atom stereocenters. The number of carbonyl (C=O) groups is 1. The normalized spacial score (nSPS) is 12.0. The molecule has 0 aliphatic carbocycles. The molecule has 0 saturated carbocycles. The summed E-state index contributed by atoms with van der Waals surface area (Å²) in [5, 5.41) is 8.75. The number of nitrogens with one attached hydrogen (secondary N) is 2. The van der Waals surface area contributed by atoms with Crippen LogP contribution in [-0.4, -0.2) is 30.5 Å². The van der Waals surface area contributed by atoms with Crippen molar-refractivity contribution in [2.45, 2.75) is 32.9 Å². The highest BCUT2D eigenvalue weighted by atomic mass is 32.1. The number of hydrogen-bond acceptors (Lipinski definition) is 5. The summed E-state index contributed by atoms with van der Waals surface area (Å²) in [6.07, 6.45) is 0.303. The number of aromatic nitrogens is 1. The third kappa shape index (κ3) is 6.00. The number of rotatable bonds is 8. The van der Waals surface area contributed by atoms with Crippen molar-refractivity contribution in [1.82, 2.24) is 15.6 Å². The maximum absolute atomic E-state index is 11.8. The molecule has 1 amide bonds. The van der Waals surface area contributed by atoms with Gasteiger partial charge in [-0.25, -0.2) is 4.98 Å². The SMILES string of the molecule is CNC(C)CNC(=O)Cc1csc(COc2ccc(C)cc2)n1. The molecule has 1 aromatic carbocycles. The summed E-state index contributed by atoms with van der Waals surface area (Å²) in [5.41, 5.74) is 1.99. The van der Waals surface area contributed by atoms with Crippen molar-refractivity contribution in [3.8, 4) is 5.75 Å². The number of aryl methyl sites for hydroxylation is 1. The van der Waals surface area contributed by atoms with E-state index in [9.17, 15) is 4.79 Å². The van der Waals surface area contributed by atoms with Crippen molar-refractivity contribution in [1.29, 1.82) is 0 Å². The Morgan fingerprint density at radius 2 is 2.09 bits per heavy atom. The van der Waals surface area contributed by atoms with Gasteiger partial charge in [-0.3, -0.25) is 4.79 Å². The number of amides is 1. The fourth-order valence-electron chi connectivity index (χ4n) is 1.87. The van der Waals surface area contributed by atoms with E-state index in [1.807, 2.05) is 50.5 Å². The third-order valence-corrected chi connectivity index (χ3v) is 4.29. The average Bonchev–Trinajstić information content (AvgIpc) is 2.99. The quantitative estimate of drug-likeness (QED) is 0.778. The Bertz CT molecular complexity index is 625. The van der Waals surface area contributed by atoms with Gasteiger partial charge in [0.15, 0.2) is 0 Å². The first-order valence-corrected chi connectivity index (χ1v) is 8.51. The lowest BCUT2D eigenvalue weighted by Gasteiger charge is -2.10. The van der Waals surface area contributed by atoms with Gasteiger partial charge in [0.05, 0.1) is 12.1 Å². The van der Waals surface area contributed by atoms with Gasteiger partial charge in [-0.15, -0.1) is 11.3 Å². The van der Waals surface area contributed by atoms with Gasteiger partial charge in [0, 0.05) is 18.0 Å². The molecule has 5 nitrogen and oxygen atoms in total. The second kappa shape index (κ2) is 8.64. The number of nitrogens with zero attached hydrogens (tertiary/aromatic N) is 1. The van der Waals surface area contributed by atoms with Gasteiger partial charge >= 0.3 is 0 Å². The maximum atomic E-state index is 11.8. The molecule has 0 bridgehead atoms. The third-order valence-electron chi connectivity index (χ3n) is 3.42. The van der Waals surface area contributed by atoms with E-state index in [1.54, 1.807) is 0 Å². The molecule has 0 aliphatic rings. The first kappa shape index (κ1) is 17.4. The van der Waals surface area contributed by atoms with E-state index in [-0.39, 0.29) is 11.9 Å². The zero-order valence-electron chi connectivity index (χ0n) is 13.8. The van der Waals surface area contributed by atoms with Gasteiger partial charge in [-0.05, 0) is 33.0 Å². The Hall–Kier alpha value is -1.92. The minimum atomic E-state index is -0.0107. The summed E-state index contributed by atoms with van der Waals surface area (Å²) in [7, 11) is 1.87. The predicted octanol–water partition coefficient (Wildman–Crippen LogP) is 2.30. The molecule has 124 valence electrons.